The molecule has 122 valence electrons. The van der Waals surface area contributed by atoms with Gasteiger partial charge in [0.25, 0.3) is 5.91 Å². The molecule has 0 saturated heterocycles. The van der Waals surface area contributed by atoms with Crippen LogP contribution in [0.15, 0.2) is 46.9 Å². The molecule has 1 amide bonds. The summed E-state index contributed by atoms with van der Waals surface area (Å²) in [6, 6.07) is 13.1. The van der Waals surface area contributed by atoms with Crippen LogP contribution in [0.5, 0.6) is 0 Å². The maximum atomic E-state index is 12.3. The standard InChI is InChI=1S/C18H19BrClNO2/c1-12(2)23-11-14-6-4-3-5-13(14)10-21-18(22)16-9-15(19)7-8-17(16)20/h3-9,12H,10-11H2,1-2H3,(H,21,22). The quantitative estimate of drug-likeness (QED) is 0.749. The third-order valence-corrected chi connectivity index (χ3v) is 4.13. The largest absolute Gasteiger partial charge is 0.374 e. The van der Waals surface area contributed by atoms with Crippen LogP contribution in [0.1, 0.15) is 35.3 Å². The normalized spacial score (nSPS) is 10.8. The molecular weight excluding hydrogens is 378 g/mol. The lowest BCUT2D eigenvalue weighted by molar-refractivity contribution is 0.0651. The van der Waals surface area contributed by atoms with Gasteiger partial charge in [0, 0.05) is 11.0 Å². The smallest absolute Gasteiger partial charge is 0.253 e. The summed E-state index contributed by atoms with van der Waals surface area (Å²) in [6.07, 6.45) is 0.165. The lowest BCUT2D eigenvalue weighted by Crippen LogP contribution is -2.24. The van der Waals surface area contributed by atoms with Crippen molar-refractivity contribution in [2.45, 2.75) is 33.1 Å². The van der Waals surface area contributed by atoms with Crippen molar-refractivity contribution < 1.29 is 9.53 Å². The lowest BCUT2D eigenvalue weighted by atomic mass is 10.1. The van der Waals surface area contributed by atoms with Gasteiger partial charge in [0.15, 0.2) is 0 Å². The molecule has 0 atom stereocenters. The Kier molecular flexibility index (Phi) is 6.63. The van der Waals surface area contributed by atoms with E-state index in [9.17, 15) is 4.79 Å². The predicted molar refractivity (Wildman–Crippen MR) is 96.7 cm³/mol. The van der Waals surface area contributed by atoms with Crippen LogP contribution in [0.25, 0.3) is 0 Å². The van der Waals surface area contributed by atoms with Gasteiger partial charge in [-0.1, -0.05) is 51.8 Å². The van der Waals surface area contributed by atoms with Crippen LogP contribution in [-0.2, 0) is 17.9 Å². The van der Waals surface area contributed by atoms with E-state index >= 15 is 0 Å². The van der Waals surface area contributed by atoms with Crippen LogP contribution in [-0.4, -0.2) is 12.0 Å². The first-order valence-corrected chi connectivity index (χ1v) is 8.56. The van der Waals surface area contributed by atoms with Crippen LogP contribution in [0.3, 0.4) is 0 Å². The summed E-state index contributed by atoms with van der Waals surface area (Å²) in [5, 5.41) is 3.34. The molecule has 0 heterocycles. The van der Waals surface area contributed by atoms with Gasteiger partial charge in [0.1, 0.15) is 0 Å². The minimum atomic E-state index is -0.198. The number of amides is 1. The fourth-order valence-corrected chi connectivity index (χ4v) is 2.63. The molecule has 3 nitrogen and oxygen atoms in total. The topological polar surface area (TPSA) is 38.3 Å². The fraction of sp³-hybridized carbons (Fsp3) is 0.278. The van der Waals surface area contributed by atoms with Gasteiger partial charge < -0.3 is 10.1 Å². The fourth-order valence-electron chi connectivity index (χ4n) is 2.07. The van der Waals surface area contributed by atoms with E-state index in [0.29, 0.717) is 23.7 Å². The monoisotopic (exact) mass is 395 g/mol. The molecule has 0 fully saturated rings. The molecular formula is C18H19BrClNO2. The van der Waals surface area contributed by atoms with Crippen molar-refractivity contribution in [3.8, 4) is 0 Å². The summed E-state index contributed by atoms with van der Waals surface area (Å²) in [6.45, 7) is 4.96. The molecule has 0 saturated carbocycles. The zero-order chi connectivity index (χ0) is 16.8. The number of carbonyl (C=O) groups excluding carboxylic acids is 1. The summed E-state index contributed by atoms with van der Waals surface area (Å²) >= 11 is 9.44. The van der Waals surface area contributed by atoms with Crippen LogP contribution in [0, 0.1) is 0 Å². The zero-order valence-electron chi connectivity index (χ0n) is 13.1. The van der Waals surface area contributed by atoms with Crippen LogP contribution in [0.4, 0.5) is 0 Å². The van der Waals surface area contributed by atoms with Crippen LogP contribution < -0.4 is 5.32 Å². The first kappa shape index (κ1) is 18.0. The number of hydrogen-bond donors (Lipinski definition) is 1. The number of rotatable bonds is 6. The Balaban J connectivity index is 2.06. The Hall–Kier alpha value is -1.36. The summed E-state index contributed by atoms with van der Waals surface area (Å²) in [7, 11) is 0. The molecule has 0 aliphatic heterocycles. The number of benzene rings is 2. The highest BCUT2D eigenvalue weighted by molar-refractivity contribution is 9.10. The van der Waals surface area contributed by atoms with Crippen molar-refractivity contribution in [2.75, 3.05) is 0 Å². The van der Waals surface area contributed by atoms with E-state index in [1.807, 2.05) is 38.1 Å². The van der Waals surface area contributed by atoms with Gasteiger partial charge in [-0.25, -0.2) is 0 Å². The Morgan fingerprint density at radius 1 is 1.22 bits per heavy atom. The lowest BCUT2D eigenvalue weighted by Gasteiger charge is -2.13. The SMILES string of the molecule is CC(C)OCc1ccccc1CNC(=O)c1cc(Br)ccc1Cl. The van der Waals surface area contributed by atoms with E-state index in [0.717, 1.165) is 15.6 Å². The molecule has 0 spiro atoms. The Morgan fingerprint density at radius 2 is 1.91 bits per heavy atom. The number of carbonyl (C=O) groups is 1. The van der Waals surface area contributed by atoms with E-state index in [-0.39, 0.29) is 12.0 Å². The zero-order valence-corrected chi connectivity index (χ0v) is 15.4. The number of nitrogens with one attached hydrogen (secondary N) is 1. The van der Waals surface area contributed by atoms with Gasteiger partial charge in [0.2, 0.25) is 0 Å². The minimum absolute atomic E-state index is 0.165. The van der Waals surface area contributed by atoms with Crippen molar-refractivity contribution >= 4 is 33.4 Å². The first-order valence-electron chi connectivity index (χ1n) is 7.39. The predicted octanol–water partition coefficient (Wildman–Crippen LogP) is 4.96. The van der Waals surface area contributed by atoms with Gasteiger partial charge in [0.05, 0.1) is 23.3 Å². The third-order valence-electron chi connectivity index (χ3n) is 3.30. The maximum absolute atomic E-state index is 12.3. The molecule has 5 heteroatoms. The van der Waals surface area contributed by atoms with Gasteiger partial charge in [-0.05, 0) is 43.2 Å². The van der Waals surface area contributed by atoms with E-state index < -0.39 is 0 Å². The van der Waals surface area contributed by atoms with E-state index in [1.165, 1.54) is 0 Å². The molecule has 0 unspecified atom stereocenters. The highest BCUT2D eigenvalue weighted by Crippen LogP contribution is 2.21. The molecule has 1 N–H and O–H groups in total. The highest BCUT2D eigenvalue weighted by Gasteiger charge is 2.11. The van der Waals surface area contributed by atoms with Gasteiger partial charge >= 0.3 is 0 Å². The average molecular weight is 397 g/mol. The van der Waals surface area contributed by atoms with Crippen molar-refractivity contribution in [1.29, 1.82) is 0 Å². The van der Waals surface area contributed by atoms with Crippen molar-refractivity contribution in [3.05, 3.63) is 68.7 Å². The second-order valence-corrected chi connectivity index (χ2v) is 6.76. The second kappa shape index (κ2) is 8.48. The molecule has 0 aromatic heterocycles. The van der Waals surface area contributed by atoms with Crippen molar-refractivity contribution in [2.24, 2.45) is 0 Å². The Bertz CT molecular complexity index is 688. The van der Waals surface area contributed by atoms with E-state index in [2.05, 4.69) is 21.2 Å². The third kappa shape index (κ3) is 5.34. The molecule has 2 aromatic rings. The summed E-state index contributed by atoms with van der Waals surface area (Å²) in [5.41, 5.74) is 2.56. The summed E-state index contributed by atoms with van der Waals surface area (Å²) in [5.74, 6) is -0.198. The van der Waals surface area contributed by atoms with Gasteiger partial charge in [-0.15, -0.1) is 0 Å². The Morgan fingerprint density at radius 3 is 2.61 bits per heavy atom. The van der Waals surface area contributed by atoms with E-state index in [4.69, 9.17) is 16.3 Å². The maximum Gasteiger partial charge on any atom is 0.253 e. The van der Waals surface area contributed by atoms with Gasteiger partial charge in [-0.3, -0.25) is 4.79 Å². The van der Waals surface area contributed by atoms with Crippen LogP contribution >= 0.6 is 27.5 Å². The number of ether oxygens (including phenoxy) is 1. The number of halogens is 2. The van der Waals surface area contributed by atoms with E-state index in [1.54, 1.807) is 18.2 Å². The number of hydrogen-bond acceptors (Lipinski definition) is 2. The summed E-state index contributed by atoms with van der Waals surface area (Å²) in [4.78, 5) is 12.3. The second-order valence-electron chi connectivity index (χ2n) is 5.44. The van der Waals surface area contributed by atoms with Crippen LogP contribution in [0.2, 0.25) is 5.02 Å². The molecule has 0 bridgehead atoms. The van der Waals surface area contributed by atoms with Gasteiger partial charge in [-0.2, -0.15) is 0 Å². The Labute approximate surface area is 150 Å². The molecule has 0 radical (unpaired) electrons. The molecule has 2 rings (SSSR count). The highest BCUT2D eigenvalue weighted by atomic mass is 79.9. The average Bonchev–Trinajstić information content (AvgIpc) is 2.53. The van der Waals surface area contributed by atoms with Crippen molar-refractivity contribution in [1.82, 2.24) is 5.32 Å². The molecule has 2 aromatic carbocycles. The minimum Gasteiger partial charge on any atom is -0.374 e. The summed E-state index contributed by atoms with van der Waals surface area (Å²) < 4.78 is 6.47. The molecule has 23 heavy (non-hydrogen) atoms. The molecule has 0 aliphatic carbocycles. The first-order chi connectivity index (χ1) is 11.0. The molecule has 0 aliphatic rings. The van der Waals surface area contributed by atoms with Crippen molar-refractivity contribution in [3.63, 3.8) is 0 Å².